The summed E-state index contributed by atoms with van der Waals surface area (Å²) in [6, 6.07) is 5.57. The third-order valence-electron chi connectivity index (χ3n) is 1.43. The molecule has 1 aromatic carbocycles. The first kappa shape index (κ1) is 6.67. The van der Waals surface area contributed by atoms with Gasteiger partial charge in [0, 0.05) is 0 Å². The van der Waals surface area contributed by atoms with Crippen LogP contribution in [0.1, 0.15) is 0 Å². The largest absolute Gasteiger partial charge is 0.375 e. The zero-order chi connectivity index (χ0) is 7.84. The average Bonchev–Trinajstić information content (AvgIpc) is 2.27. The lowest BCUT2D eigenvalue weighted by molar-refractivity contribution is 1.50. The highest BCUT2D eigenvalue weighted by Gasteiger charge is 1.98. The molecule has 1 heterocycles. The normalized spacial score (nSPS) is 10.5. The fourth-order valence-corrected chi connectivity index (χ4v) is 1.74. The Balaban J connectivity index is 2.82. The van der Waals surface area contributed by atoms with Crippen molar-refractivity contribution in [3.05, 3.63) is 18.2 Å². The first-order chi connectivity index (χ1) is 5.25. The zero-order valence-electron chi connectivity index (χ0n) is 5.74. The highest BCUT2D eigenvalue weighted by molar-refractivity contribution is 7.22. The molecular formula is C7H5BN2S. The molecule has 0 atom stereocenters. The van der Waals surface area contributed by atoms with E-state index in [9.17, 15) is 0 Å². The Hall–Kier alpha value is -1.03. The highest BCUT2D eigenvalue weighted by Crippen LogP contribution is 2.21. The Morgan fingerprint density at radius 2 is 2.27 bits per heavy atom. The number of nitrogens with zero attached hydrogens (tertiary/aromatic N) is 1. The summed E-state index contributed by atoms with van der Waals surface area (Å²) in [7, 11) is 5.57. The molecule has 2 nitrogen and oxygen atoms in total. The van der Waals surface area contributed by atoms with E-state index in [0.29, 0.717) is 5.13 Å². The molecular weight excluding hydrogens is 155 g/mol. The van der Waals surface area contributed by atoms with E-state index in [4.69, 9.17) is 13.6 Å². The summed E-state index contributed by atoms with van der Waals surface area (Å²) in [6.45, 7) is 0. The Labute approximate surface area is 69.5 Å². The maximum Gasteiger partial charge on any atom is 0.181 e. The van der Waals surface area contributed by atoms with Gasteiger partial charge < -0.3 is 5.73 Å². The lowest BCUT2D eigenvalue weighted by atomic mass is 9.97. The van der Waals surface area contributed by atoms with Gasteiger partial charge in [-0.1, -0.05) is 22.9 Å². The van der Waals surface area contributed by atoms with Crippen LogP contribution in [0.5, 0.6) is 0 Å². The van der Waals surface area contributed by atoms with Crippen molar-refractivity contribution >= 4 is 40.0 Å². The summed E-state index contributed by atoms with van der Waals surface area (Å²) < 4.78 is 1.04. The molecule has 0 saturated heterocycles. The number of hydrogen-bond donors (Lipinski definition) is 1. The summed E-state index contributed by atoms with van der Waals surface area (Å²) in [5.74, 6) is 0. The number of thiazole rings is 1. The summed E-state index contributed by atoms with van der Waals surface area (Å²) in [5.41, 5.74) is 7.18. The van der Waals surface area contributed by atoms with Crippen molar-refractivity contribution in [3.63, 3.8) is 0 Å². The molecule has 0 bridgehead atoms. The van der Waals surface area contributed by atoms with Crippen LogP contribution in [-0.4, -0.2) is 12.8 Å². The molecule has 0 aliphatic carbocycles. The van der Waals surface area contributed by atoms with Gasteiger partial charge in [0.25, 0.3) is 0 Å². The first-order valence-corrected chi connectivity index (χ1v) is 3.99. The molecule has 2 N–H and O–H groups in total. The van der Waals surface area contributed by atoms with Crippen LogP contribution in [0.25, 0.3) is 10.2 Å². The van der Waals surface area contributed by atoms with Crippen molar-refractivity contribution in [3.8, 4) is 0 Å². The van der Waals surface area contributed by atoms with E-state index in [2.05, 4.69) is 4.98 Å². The molecule has 2 rings (SSSR count). The van der Waals surface area contributed by atoms with Crippen molar-refractivity contribution in [2.45, 2.75) is 0 Å². The van der Waals surface area contributed by atoms with Crippen LogP contribution in [0.3, 0.4) is 0 Å². The Morgan fingerprint density at radius 1 is 1.45 bits per heavy atom. The third kappa shape index (κ3) is 1.09. The van der Waals surface area contributed by atoms with Gasteiger partial charge in [-0.15, -0.1) is 0 Å². The van der Waals surface area contributed by atoms with Crippen LogP contribution in [-0.2, 0) is 0 Å². The number of nitrogens with two attached hydrogens (primary N) is 1. The molecule has 0 aliphatic heterocycles. The summed E-state index contributed by atoms with van der Waals surface area (Å²) >= 11 is 1.45. The number of aromatic nitrogens is 1. The Kier molecular flexibility index (Phi) is 1.36. The predicted octanol–water partition coefficient (Wildman–Crippen LogP) is 0.672. The quantitative estimate of drug-likeness (QED) is 0.575. The Morgan fingerprint density at radius 3 is 3.09 bits per heavy atom. The number of fused-ring (bicyclic) bond motifs is 1. The second-order valence-electron chi connectivity index (χ2n) is 2.28. The predicted molar refractivity (Wildman–Crippen MR) is 49.4 cm³/mol. The maximum atomic E-state index is 5.57. The molecule has 2 aromatic rings. The minimum atomic E-state index is 0.589. The molecule has 0 amide bonds. The van der Waals surface area contributed by atoms with Crippen molar-refractivity contribution in [2.75, 3.05) is 5.73 Å². The number of anilines is 1. The molecule has 0 saturated carbocycles. The monoisotopic (exact) mass is 160 g/mol. The van der Waals surface area contributed by atoms with Crippen molar-refractivity contribution in [1.82, 2.24) is 4.98 Å². The van der Waals surface area contributed by atoms with E-state index in [-0.39, 0.29) is 0 Å². The van der Waals surface area contributed by atoms with Gasteiger partial charge >= 0.3 is 0 Å². The van der Waals surface area contributed by atoms with Gasteiger partial charge in [0.15, 0.2) is 5.13 Å². The number of benzene rings is 1. The third-order valence-corrected chi connectivity index (χ3v) is 2.28. The van der Waals surface area contributed by atoms with Crippen LogP contribution in [0.15, 0.2) is 18.2 Å². The standard InChI is InChI=1S/C7H5BN2S/c8-4-1-2-5-6(3-4)11-7(9)10-5/h1-3H,(H2,9,10). The fourth-order valence-electron chi connectivity index (χ4n) is 0.959. The highest BCUT2D eigenvalue weighted by atomic mass is 32.1. The molecule has 0 aliphatic rings. The second kappa shape index (κ2) is 2.24. The van der Waals surface area contributed by atoms with E-state index < -0.39 is 0 Å². The summed E-state index contributed by atoms with van der Waals surface area (Å²) in [4.78, 5) is 4.10. The molecule has 0 unspecified atom stereocenters. The number of hydrogen-bond acceptors (Lipinski definition) is 3. The van der Waals surface area contributed by atoms with Gasteiger partial charge in [-0.3, -0.25) is 0 Å². The lowest BCUT2D eigenvalue weighted by Crippen LogP contribution is -1.98. The van der Waals surface area contributed by atoms with Gasteiger partial charge in [0.05, 0.1) is 10.2 Å². The minimum Gasteiger partial charge on any atom is -0.375 e. The molecule has 1 aromatic heterocycles. The van der Waals surface area contributed by atoms with E-state index >= 15 is 0 Å². The number of rotatable bonds is 0. The van der Waals surface area contributed by atoms with Crippen LogP contribution >= 0.6 is 11.3 Å². The molecule has 0 spiro atoms. The first-order valence-electron chi connectivity index (χ1n) is 3.17. The topological polar surface area (TPSA) is 38.9 Å². The van der Waals surface area contributed by atoms with Crippen LogP contribution < -0.4 is 11.2 Å². The Bertz CT molecular complexity index is 396. The maximum absolute atomic E-state index is 5.57. The van der Waals surface area contributed by atoms with Crippen molar-refractivity contribution in [2.24, 2.45) is 0 Å². The van der Waals surface area contributed by atoms with E-state index in [1.165, 1.54) is 11.3 Å². The second-order valence-corrected chi connectivity index (χ2v) is 3.34. The smallest absolute Gasteiger partial charge is 0.181 e. The lowest BCUT2D eigenvalue weighted by Gasteiger charge is -1.88. The van der Waals surface area contributed by atoms with Crippen LogP contribution in [0, 0.1) is 0 Å². The van der Waals surface area contributed by atoms with Gasteiger partial charge in [-0.05, 0) is 12.1 Å². The molecule has 52 valence electrons. The number of nitrogen functional groups attached to an aromatic ring is 1. The average molecular weight is 160 g/mol. The van der Waals surface area contributed by atoms with E-state index in [0.717, 1.165) is 15.7 Å². The summed E-state index contributed by atoms with van der Waals surface area (Å²) in [5, 5.41) is 0.589. The minimum absolute atomic E-state index is 0.589. The van der Waals surface area contributed by atoms with Crippen LogP contribution in [0.2, 0.25) is 0 Å². The fraction of sp³-hybridized carbons (Fsp3) is 0. The molecule has 4 heteroatoms. The SMILES string of the molecule is [B]c1ccc2nc(N)sc2c1. The van der Waals surface area contributed by atoms with Crippen molar-refractivity contribution < 1.29 is 0 Å². The van der Waals surface area contributed by atoms with E-state index in [1.54, 1.807) is 0 Å². The zero-order valence-corrected chi connectivity index (χ0v) is 6.56. The van der Waals surface area contributed by atoms with Gasteiger partial charge in [0.1, 0.15) is 7.85 Å². The van der Waals surface area contributed by atoms with E-state index in [1.807, 2.05) is 18.2 Å². The van der Waals surface area contributed by atoms with Gasteiger partial charge in [0.2, 0.25) is 0 Å². The van der Waals surface area contributed by atoms with Crippen molar-refractivity contribution in [1.29, 1.82) is 0 Å². The van der Waals surface area contributed by atoms with Gasteiger partial charge in [-0.2, -0.15) is 0 Å². The molecule has 0 fully saturated rings. The molecule has 2 radical (unpaired) electrons. The molecule has 11 heavy (non-hydrogen) atoms. The van der Waals surface area contributed by atoms with Crippen LogP contribution in [0.4, 0.5) is 5.13 Å². The van der Waals surface area contributed by atoms with Gasteiger partial charge in [-0.25, -0.2) is 4.98 Å². The summed E-state index contributed by atoms with van der Waals surface area (Å²) in [6.07, 6.45) is 0.